The van der Waals surface area contributed by atoms with E-state index < -0.39 is 0 Å². The number of hydrogen-bond donors (Lipinski definition) is 1. The normalized spacial score (nSPS) is 29.3. The smallest absolute Gasteiger partial charge is 0.0372 e. The van der Waals surface area contributed by atoms with E-state index in [0.717, 1.165) is 6.54 Å². The van der Waals surface area contributed by atoms with Crippen molar-refractivity contribution in [1.29, 1.82) is 0 Å². The van der Waals surface area contributed by atoms with Crippen molar-refractivity contribution >= 4 is 0 Å². The molecular weight excluding hydrogens is 146 g/mol. The second-order valence-electron chi connectivity index (χ2n) is 3.07. The first-order valence-electron chi connectivity index (χ1n) is 4.45. The minimum absolute atomic E-state index is 1.11. The van der Waals surface area contributed by atoms with Gasteiger partial charge in [0.2, 0.25) is 0 Å². The molecule has 0 fully saturated rings. The second-order valence-corrected chi connectivity index (χ2v) is 3.07. The van der Waals surface area contributed by atoms with Gasteiger partial charge in [-0.3, -0.25) is 0 Å². The molecule has 2 rings (SSSR count). The lowest BCUT2D eigenvalue weighted by Crippen LogP contribution is -2.19. The van der Waals surface area contributed by atoms with E-state index in [1.807, 2.05) is 0 Å². The van der Waals surface area contributed by atoms with E-state index in [1.165, 1.54) is 24.1 Å². The van der Waals surface area contributed by atoms with Crippen LogP contribution >= 0.6 is 0 Å². The van der Waals surface area contributed by atoms with E-state index in [9.17, 15) is 0 Å². The molecule has 1 nitrogen and oxygen atoms in total. The van der Waals surface area contributed by atoms with Gasteiger partial charge in [0, 0.05) is 12.2 Å². The first kappa shape index (κ1) is 7.41. The van der Waals surface area contributed by atoms with Gasteiger partial charge in [-0.2, -0.15) is 0 Å². The Morgan fingerprint density at radius 3 is 2.75 bits per heavy atom. The van der Waals surface area contributed by atoms with Crippen LogP contribution in [0, 0.1) is 0 Å². The summed E-state index contributed by atoms with van der Waals surface area (Å²) in [6.07, 6.45) is 15.1. The fraction of sp³-hybridized carbons (Fsp3) is 0.273. The quantitative estimate of drug-likeness (QED) is 0.572. The first-order chi connectivity index (χ1) is 5.97. The Bertz CT molecular complexity index is 251. The molecule has 0 radical (unpaired) electrons. The summed E-state index contributed by atoms with van der Waals surface area (Å²) in [5, 5.41) is 3.40. The monoisotopic (exact) mass is 159 g/mol. The third-order valence-corrected chi connectivity index (χ3v) is 2.18. The molecule has 0 saturated carbocycles. The lowest BCUT2D eigenvalue weighted by atomic mass is 10.0. The highest BCUT2D eigenvalue weighted by Crippen LogP contribution is 2.17. The van der Waals surface area contributed by atoms with Crippen LogP contribution in [-0.4, -0.2) is 6.54 Å². The van der Waals surface area contributed by atoms with Gasteiger partial charge in [0.25, 0.3) is 0 Å². The first-order valence-corrected chi connectivity index (χ1v) is 4.45. The zero-order valence-electron chi connectivity index (χ0n) is 7.09. The van der Waals surface area contributed by atoms with Gasteiger partial charge in [-0.15, -0.1) is 0 Å². The molecule has 1 N–H and O–H groups in total. The summed E-state index contributed by atoms with van der Waals surface area (Å²) in [6, 6.07) is 0. The Labute approximate surface area is 73.2 Å². The molecule has 0 spiro atoms. The van der Waals surface area contributed by atoms with Gasteiger partial charge < -0.3 is 5.32 Å². The van der Waals surface area contributed by atoms with E-state index in [1.54, 1.807) is 0 Å². The Morgan fingerprint density at radius 1 is 1.00 bits per heavy atom. The van der Waals surface area contributed by atoms with E-state index in [2.05, 4.69) is 41.8 Å². The fourth-order valence-corrected chi connectivity index (χ4v) is 1.54. The number of allylic oxidation sites excluding steroid dienone is 7. The maximum Gasteiger partial charge on any atom is 0.0372 e. The molecule has 12 heavy (non-hydrogen) atoms. The van der Waals surface area contributed by atoms with E-state index >= 15 is 0 Å². The lowest BCUT2D eigenvalue weighted by Gasteiger charge is -2.18. The molecule has 1 heterocycles. The third-order valence-electron chi connectivity index (χ3n) is 2.18. The van der Waals surface area contributed by atoms with Crippen LogP contribution < -0.4 is 5.32 Å². The summed E-state index contributed by atoms with van der Waals surface area (Å²) in [5.41, 5.74) is 2.73. The second kappa shape index (κ2) is 3.44. The molecule has 0 saturated heterocycles. The summed E-state index contributed by atoms with van der Waals surface area (Å²) in [4.78, 5) is 0. The van der Waals surface area contributed by atoms with Gasteiger partial charge in [0.05, 0.1) is 0 Å². The predicted octanol–water partition coefficient (Wildman–Crippen LogP) is 2.31. The molecule has 1 aliphatic carbocycles. The predicted molar refractivity (Wildman–Crippen MR) is 51.7 cm³/mol. The van der Waals surface area contributed by atoms with Gasteiger partial charge in [-0.25, -0.2) is 0 Å². The molecule has 0 amide bonds. The van der Waals surface area contributed by atoms with Crippen molar-refractivity contribution < 1.29 is 0 Å². The minimum Gasteiger partial charge on any atom is -0.385 e. The topological polar surface area (TPSA) is 12.0 Å². The van der Waals surface area contributed by atoms with Crippen molar-refractivity contribution in [3.63, 3.8) is 0 Å². The van der Waals surface area contributed by atoms with E-state index in [4.69, 9.17) is 0 Å². The summed E-state index contributed by atoms with van der Waals surface area (Å²) < 4.78 is 0. The Hall–Kier alpha value is -1.24. The van der Waals surface area contributed by atoms with Gasteiger partial charge in [-0.05, 0) is 24.5 Å². The van der Waals surface area contributed by atoms with Crippen LogP contribution in [0.1, 0.15) is 12.8 Å². The molecule has 0 unspecified atom stereocenters. The number of nitrogens with one attached hydrogen (secondary N) is 1. The van der Waals surface area contributed by atoms with Crippen molar-refractivity contribution in [2.75, 3.05) is 6.54 Å². The van der Waals surface area contributed by atoms with Crippen LogP contribution in [0.2, 0.25) is 0 Å². The van der Waals surface area contributed by atoms with Gasteiger partial charge in [0.1, 0.15) is 0 Å². The minimum atomic E-state index is 1.11. The molecule has 1 heteroatoms. The zero-order valence-corrected chi connectivity index (χ0v) is 7.09. The van der Waals surface area contributed by atoms with Crippen molar-refractivity contribution in [3.05, 3.63) is 47.7 Å². The molecule has 1 aliphatic heterocycles. The van der Waals surface area contributed by atoms with Gasteiger partial charge >= 0.3 is 0 Å². The maximum absolute atomic E-state index is 3.40. The highest BCUT2D eigenvalue weighted by Gasteiger charge is 2.06. The Balaban J connectivity index is 2.31. The van der Waals surface area contributed by atoms with Crippen molar-refractivity contribution in [1.82, 2.24) is 5.32 Å². The molecule has 0 aromatic heterocycles. The largest absolute Gasteiger partial charge is 0.385 e. The molecule has 0 bridgehead atoms. The highest BCUT2D eigenvalue weighted by molar-refractivity contribution is 5.38. The summed E-state index contributed by atoms with van der Waals surface area (Å²) in [6.45, 7) is 1.11. The SMILES string of the molecule is C1=C\C2=C(/C=C/C=C/1)NCCC2. The van der Waals surface area contributed by atoms with Crippen molar-refractivity contribution in [2.45, 2.75) is 12.8 Å². The van der Waals surface area contributed by atoms with E-state index in [-0.39, 0.29) is 0 Å². The molecular formula is C11H13N. The van der Waals surface area contributed by atoms with Crippen LogP contribution in [0.4, 0.5) is 0 Å². The van der Waals surface area contributed by atoms with Gasteiger partial charge in [-0.1, -0.05) is 30.4 Å². The maximum atomic E-state index is 3.40. The van der Waals surface area contributed by atoms with Crippen molar-refractivity contribution in [2.24, 2.45) is 0 Å². The van der Waals surface area contributed by atoms with Crippen LogP contribution in [-0.2, 0) is 0 Å². The summed E-state index contributed by atoms with van der Waals surface area (Å²) in [5.74, 6) is 0. The molecule has 0 aromatic carbocycles. The van der Waals surface area contributed by atoms with Crippen LogP contribution in [0.15, 0.2) is 47.7 Å². The molecule has 0 atom stereocenters. The van der Waals surface area contributed by atoms with E-state index in [0.29, 0.717) is 0 Å². The number of hydrogen-bond acceptors (Lipinski definition) is 1. The standard InChI is InChI=1S/C11H13N/c1-2-4-8-11-10(6-3-1)7-5-9-12-11/h1-4,6,8,12H,5,7,9H2/b2-1+,3-1?,4-2?,6-3-,8-4+,10-6?,11-8?. The summed E-state index contributed by atoms with van der Waals surface area (Å²) >= 11 is 0. The zero-order chi connectivity index (χ0) is 8.23. The average molecular weight is 159 g/mol. The summed E-state index contributed by atoms with van der Waals surface area (Å²) in [7, 11) is 0. The van der Waals surface area contributed by atoms with Crippen molar-refractivity contribution in [3.8, 4) is 0 Å². The van der Waals surface area contributed by atoms with Gasteiger partial charge in [0.15, 0.2) is 0 Å². The lowest BCUT2D eigenvalue weighted by molar-refractivity contribution is 0.685. The van der Waals surface area contributed by atoms with Crippen LogP contribution in [0.25, 0.3) is 0 Å². The fourth-order valence-electron chi connectivity index (χ4n) is 1.54. The molecule has 2 aliphatic rings. The van der Waals surface area contributed by atoms with Crippen LogP contribution in [0.5, 0.6) is 0 Å². The highest BCUT2D eigenvalue weighted by atomic mass is 14.9. The molecule has 0 aromatic rings. The molecule has 62 valence electrons. The Morgan fingerprint density at radius 2 is 1.83 bits per heavy atom. The Kier molecular flexibility index (Phi) is 2.12. The number of rotatable bonds is 0. The third kappa shape index (κ3) is 1.50. The average Bonchev–Trinajstić information content (AvgIpc) is 2.06. The van der Waals surface area contributed by atoms with Crippen LogP contribution in [0.3, 0.4) is 0 Å².